The van der Waals surface area contributed by atoms with Gasteiger partial charge in [0.1, 0.15) is 0 Å². The zero-order valence-corrected chi connectivity index (χ0v) is 6.06. The van der Waals surface area contributed by atoms with Gasteiger partial charge < -0.3 is 5.32 Å². The molecule has 9 heavy (non-hydrogen) atoms. The van der Waals surface area contributed by atoms with Crippen LogP contribution in [0.25, 0.3) is 0 Å². The first-order valence-electron chi connectivity index (χ1n) is 3.79. The Bertz CT molecular complexity index is 90.7. The van der Waals surface area contributed by atoms with Gasteiger partial charge in [-0.25, -0.2) is 0 Å². The van der Waals surface area contributed by atoms with E-state index in [0.717, 1.165) is 0 Å². The summed E-state index contributed by atoms with van der Waals surface area (Å²) >= 11 is 0. The van der Waals surface area contributed by atoms with Gasteiger partial charge in [0.15, 0.2) is 0 Å². The molecule has 1 nitrogen and oxygen atoms in total. The molecule has 0 radical (unpaired) electrons. The van der Waals surface area contributed by atoms with Crippen molar-refractivity contribution in [3.05, 3.63) is 12.2 Å². The summed E-state index contributed by atoms with van der Waals surface area (Å²) in [5.74, 6) is 0. The average molecular weight is 125 g/mol. The highest BCUT2D eigenvalue weighted by atomic mass is 14.9. The standard InChI is InChI=1S/C8H15N/c1-2-5-8-6-3-4-7-9-8/h2,5,8-9H,3-4,6-7H2,1H3/t8-/m0/s1. The van der Waals surface area contributed by atoms with Crippen LogP contribution in [0.1, 0.15) is 26.2 Å². The Morgan fingerprint density at radius 1 is 1.44 bits per heavy atom. The monoisotopic (exact) mass is 125 g/mol. The van der Waals surface area contributed by atoms with Crippen LogP contribution < -0.4 is 5.32 Å². The summed E-state index contributed by atoms with van der Waals surface area (Å²) in [6, 6.07) is 0.670. The minimum Gasteiger partial charge on any atom is -0.311 e. The van der Waals surface area contributed by atoms with Gasteiger partial charge in [-0.1, -0.05) is 18.6 Å². The highest BCUT2D eigenvalue weighted by molar-refractivity contribution is 4.92. The molecule has 1 rings (SSSR count). The summed E-state index contributed by atoms with van der Waals surface area (Å²) < 4.78 is 0. The van der Waals surface area contributed by atoms with Crippen LogP contribution in [0, 0.1) is 0 Å². The highest BCUT2D eigenvalue weighted by Gasteiger charge is 2.06. The van der Waals surface area contributed by atoms with E-state index in [1.165, 1.54) is 25.8 Å². The van der Waals surface area contributed by atoms with Gasteiger partial charge >= 0.3 is 0 Å². The number of allylic oxidation sites excluding steroid dienone is 1. The Morgan fingerprint density at radius 2 is 2.33 bits per heavy atom. The van der Waals surface area contributed by atoms with Crippen molar-refractivity contribution in [2.75, 3.05) is 6.54 Å². The van der Waals surface area contributed by atoms with Crippen molar-refractivity contribution in [1.29, 1.82) is 0 Å². The Labute approximate surface area is 57.1 Å². The van der Waals surface area contributed by atoms with Gasteiger partial charge in [0.2, 0.25) is 0 Å². The van der Waals surface area contributed by atoms with Crippen LogP contribution in [0.15, 0.2) is 12.2 Å². The molecule has 1 aliphatic rings. The molecule has 1 atom stereocenters. The lowest BCUT2D eigenvalue weighted by atomic mass is 10.1. The maximum absolute atomic E-state index is 3.43. The van der Waals surface area contributed by atoms with Crippen LogP contribution in [0.3, 0.4) is 0 Å². The number of nitrogens with one attached hydrogen (secondary N) is 1. The van der Waals surface area contributed by atoms with Crippen LogP contribution in [0.2, 0.25) is 0 Å². The summed E-state index contributed by atoms with van der Waals surface area (Å²) in [4.78, 5) is 0. The van der Waals surface area contributed by atoms with E-state index in [1.807, 2.05) is 0 Å². The fraction of sp³-hybridized carbons (Fsp3) is 0.750. The van der Waals surface area contributed by atoms with Gasteiger partial charge in [0, 0.05) is 6.04 Å². The SMILES string of the molecule is CC=C[C@H]1CCCCN1. The summed E-state index contributed by atoms with van der Waals surface area (Å²) in [5.41, 5.74) is 0. The van der Waals surface area contributed by atoms with Crippen molar-refractivity contribution in [1.82, 2.24) is 5.32 Å². The fourth-order valence-electron chi connectivity index (χ4n) is 1.28. The molecule has 52 valence electrons. The molecule has 0 aliphatic carbocycles. The normalized spacial score (nSPS) is 29.2. The van der Waals surface area contributed by atoms with Gasteiger partial charge in [-0.15, -0.1) is 0 Å². The lowest BCUT2D eigenvalue weighted by molar-refractivity contribution is 0.454. The van der Waals surface area contributed by atoms with Gasteiger partial charge in [-0.05, 0) is 26.3 Å². The smallest absolute Gasteiger partial charge is 0.0249 e. The van der Waals surface area contributed by atoms with Crippen molar-refractivity contribution in [2.45, 2.75) is 32.2 Å². The highest BCUT2D eigenvalue weighted by Crippen LogP contribution is 2.07. The molecule has 1 N–H and O–H groups in total. The van der Waals surface area contributed by atoms with E-state index in [4.69, 9.17) is 0 Å². The average Bonchev–Trinajstić information content (AvgIpc) is 1.91. The van der Waals surface area contributed by atoms with Crippen LogP contribution in [0.5, 0.6) is 0 Å². The molecule has 1 heterocycles. The minimum atomic E-state index is 0.670. The van der Waals surface area contributed by atoms with E-state index in [1.54, 1.807) is 0 Å². The van der Waals surface area contributed by atoms with Crippen molar-refractivity contribution in [3.63, 3.8) is 0 Å². The topological polar surface area (TPSA) is 12.0 Å². The van der Waals surface area contributed by atoms with Crippen LogP contribution in [-0.2, 0) is 0 Å². The number of piperidine rings is 1. The van der Waals surface area contributed by atoms with Gasteiger partial charge in [-0.3, -0.25) is 0 Å². The molecule has 0 amide bonds. The Hall–Kier alpha value is -0.300. The molecule has 1 saturated heterocycles. The molecule has 0 spiro atoms. The van der Waals surface area contributed by atoms with Gasteiger partial charge in [-0.2, -0.15) is 0 Å². The molecule has 1 aliphatic heterocycles. The summed E-state index contributed by atoms with van der Waals surface area (Å²) in [5, 5.41) is 3.43. The second-order valence-corrected chi connectivity index (χ2v) is 2.58. The largest absolute Gasteiger partial charge is 0.311 e. The number of rotatable bonds is 1. The molecular formula is C8H15N. The molecule has 0 unspecified atom stereocenters. The molecule has 0 saturated carbocycles. The zero-order chi connectivity index (χ0) is 6.53. The van der Waals surface area contributed by atoms with E-state index in [0.29, 0.717) is 6.04 Å². The molecule has 1 fully saturated rings. The second kappa shape index (κ2) is 3.67. The lowest BCUT2D eigenvalue weighted by Gasteiger charge is -2.19. The molecule has 0 aromatic rings. The van der Waals surface area contributed by atoms with E-state index in [9.17, 15) is 0 Å². The maximum atomic E-state index is 3.43. The Kier molecular flexibility index (Phi) is 2.78. The fourth-order valence-corrected chi connectivity index (χ4v) is 1.28. The number of hydrogen-bond acceptors (Lipinski definition) is 1. The first-order chi connectivity index (χ1) is 4.43. The summed E-state index contributed by atoms with van der Waals surface area (Å²) in [6.07, 6.45) is 8.45. The molecule has 0 aromatic heterocycles. The predicted octanol–water partition coefficient (Wildman–Crippen LogP) is 1.70. The lowest BCUT2D eigenvalue weighted by Crippen LogP contribution is -2.31. The molecule has 0 bridgehead atoms. The Balaban J connectivity index is 2.23. The third-order valence-corrected chi connectivity index (χ3v) is 1.77. The van der Waals surface area contributed by atoms with E-state index >= 15 is 0 Å². The number of hydrogen-bond donors (Lipinski definition) is 1. The van der Waals surface area contributed by atoms with Crippen LogP contribution in [0.4, 0.5) is 0 Å². The Morgan fingerprint density at radius 3 is 2.89 bits per heavy atom. The molecule has 1 heteroatoms. The van der Waals surface area contributed by atoms with Crippen molar-refractivity contribution in [3.8, 4) is 0 Å². The molecular weight excluding hydrogens is 110 g/mol. The molecule has 0 aromatic carbocycles. The summed E-state index contributed by atoms with van der Waals surface area (Å²) in [6.45, 7) is 3.28. The first kappa shape index (κ1) is 6.81. The van der Waals surface area contributed by atoms with Crippen LogP contribution in [-0.4, -0.2) is 12.6 Å². The van der Waals surface area contributed by atoms with Gasteiger partial charge in [0.25, 0.3) is 0 Å². The van der Waals surface area contributed by atoms with E-state index in [-0.39, 0.29) is 0 Å². The maximum Gasteiger partial charge on any atom is 0.0249 e. The second-order valence-electron chi connectivity index (χ2n) is 2.58. The van der Waals surface area contributed by atoms with Crippen LogP contribution >= 0.6 is 0 Å². The third-order valence-electron chi connectivity index (χ3n) is 1.77. The van der Waals surface area contributed by atoms with E-state index in [2.05, 4.69) is 24.4 Å². The van der Waals surface area contributed by atoms with Gasteiger partial charge in [0.05, 0.1) is 0 Å². The third kappa shape index (κ3) is 2.19. The van der Waals surface area contributed by atoms with Crippen molar-refractivity contribution < 1.29 is 0 Å². The first-order valence-corrected chi connectivity index (χ1v) is 3.79. The van der Waals surface area contributed by atoms with Crippen molar-refractivity contribution >= 4 is 0 Å². The summed E-state index contributed by atoms with van der Waals surface area (Å²) in [7, 11) is 0. The quantitative estimate of drug-likeness (QED) is 0.526. The minimum absolute atomic E-state index is 0.670. The zero-order valence-electron chi connectivity index (χ0n) is 6.06. The van der Waals surface area contributed by atoms with Crippen molar-refractivity contribution in [2.24, 2.45) is 0 Å². The predicted molar refractivity (Wildman–Crippen MR) is 40.5 cm³/mol. The van der Waals surface area contributed by atoms with E-state index < -0.39 is 0 Å².